The summed E-state index contributed by atoms with van der Waals surface area (Å²) in [5.41, 5.74) is 8.87. The molecular formula is C29H22S. The van der Waals surface area contributed by atoms with Crippen molar-refractivity contribution < 1.29 is 0 Å². The Morgan fingerprint density at radius 1 is 0.767 bits per heavy atom. The van der Waals surface area contributed by atoms with E-state index in [0.717, 1.165) is 12.8 Å². The van der Waals surface area contributed by atoms with Crippen molar-refractivity contribution in [2.75, 3.05) is 0 Å². The van der Waals surface area contributed by atoms with E-state index in [1.807, 2.05) is 11.3 Å². The fraction of sp³-hybridized carbons (Fsp3) is 0.172. The summed E-state index contributed by atoms with van der Waals surface area (Å²) in [6.07, 6.45) is 22.4. The Balaban J connectivity index is 1.52. The topological polar surface area (TPSA) is 0 Å². The highest BCUT2D eigenvalue weighted by Crippen LogP contribution is 2.60. The van der Waals surface area contributed by atoms with Gasteiger partial charge in [0.05, 0.1) is 0 Å². The van der Waals surface area contributed by atoms with E-state index in [1.54, 1.807) is 11.1 Å². The van der Waals surface area contributed by atoms with E-state index < -0.39 is 0 Å². The molecule has 0 spiro atoms. The van der Waals surface area contributed by atoms with Crippen LogP contribution in [0.15, 0.2) is 65.1 Å². The first kappa shape index (κ1) is 16.8. The van der Waals surface area contributed by atoms with Crippen molar-refractivity contribution in [2.45, 2.75) is 25.2 Å². The lowest BCUT2D eigenvalue weighted by Crippen LogP contribution is -2.16. The Labute approximate surface area is 180 Å². The predicted molar refractivity (Wildman–Crippen MR) is 131 cm³/mol. The number of rotatable bonds is 1. The monoisotopic (exact) mass is 402 g/mol. The van der Waals surface area contributed by atoms with Crippen LogP contribution in [0.4, 0.5) is 0 Å². The zero-order chi connectivity index (χ0) is 19.7. The predicted octanol–water partition coefficient (Wildman–Crippen LogP) is 6.42. The normalized spacial score (nSPS) is 22.9. The summed E-state index contributed by atoms with van der Waals surface area (Å²) in [4.78, 5) is 0. The molecule has 4 aliphatic carbocycles. The van der Waals surface area contributed by atoms with E-state index in [2.05, 4.69) is 84.3 Å². The van der Waals surface area contributed by atoms with Crippen molar-refractivity contribution in [1.82, 2.24) is 0 Å². The molecule has 0 radical (unpaired) electrons. The van der Waals surface area contributed by atoms with Gasteiger partial charge in [-0.15, -0.1) is 11.3 Å². The maximum Gasteiger partial charge on any atom is 0.0345 e. The van der Waals surface area contributed by atoms with Gasteiger partial charge in [-0.25, -0.2) is 0 Å². The first-order chi connectivity index (χ1) is 14.9. The second kappa shape index (κ2) is 6.30. The van der Waals surface area contributed by atoms with Crippen molar-refractivity contribution in [2.24, 2.45) is 5.92 Å². The number of hydrogen-bond donors (Lipinski definition) is 0. The lowest BCUT2D eigenvalue weighted by molar-refractivity contribution is 0.952. The fourth-order valence-electron chi connectivity index (χ4n) is 5.65. The van der Waals surface area contributed by atoms with Gasteiger partial charge in [-0.2, -0.15) is 0 Å². The van der Waals surface area contributed by atoms with Crippen LogP contribution in [-0.4, -0.2) is 0 Å². The molecule has 1 aromatic heterocycles. The third kappa shape index (κ3) is 2.39. The Kier molecular flexibility index (Phi) is 3.54. The summed E-state index contributed by atoms with van der Waals surface area (Å²) in [7, 11) is 0. The van der Waals surface area contributed by atoms with Gasteiger partial charge in [0.2, 0.25) is 0 Å². The summed E-state index contributed by atoms with van der Waals surface area (Å²) in [6.45, 7) is 0. The molecule has 2 atom stereocenters. The number of fused-ring (bicyclic) bond motifs is 9. The highest BCUT2D eigenvalue weighted by atomic mass is 32.1. The highest BCUT2D eigenvalue weighted by Gasteiger charge is 2.46. The Morgan fingerprint density at radius 2 is 1.63 bits per heavy atom. The minimum Gasteiger partial charge on any atom is -0.144 e. The van der Waals surface area contributed by atoms with E-state index in [-0.39, 0.29) is 0 Å². The van der Waals surface area contributed by atoms with Crippen LogP contribution in [0.25, 0.3) is 41.2 Å². The van der Waals surface area contributed by atoms with Gasteiger partial charge in [0.1, 0.15) is 0 Å². The Morgan fingerprint density at radius 3 is 2.57 bits per heavy atom. The van der Waals surface area contributed by atoms with E-state index in [1.165, 1.54) is 49.2 Å². The molecule has 30 heavy (non-hydrogen) atoms. The zero-order valence-corrected chi connectivity index (χ0v) is 17.6. The van der Waals surface area contributed by atoms with Crippen molar-refractivity contribution >= 4 is 52.5 Å². The fourth-order valence-corrected chi connectivity index (χ4v) is 6.49. The van der Waals surface area contributed by atoms with Crippen molar-refractivity contribution in [3.8, 4) is 0 Å². The SMILES string of the molecule is C1=Cc2c3c(c4ccccc4c2C=CC1)C1CC1C(C1=CCC=c2ccsc2=C1)=C3. The van der Waals surface area contributed by atoms with Crippen molar-refractivity contribution in [3.05, 3.63) is 97.1 Å². The third-order valence-electron chi connectivity index (χ3n) is 7.10. The summed E-state index contributed by atoms with van der Waals surface area (Å²) in [5, 5.41) is 6.48. The number of thiophene rings is 1. The van der Waals surface area contributed by atoms with E-state index >= 15 is 0 Å². The molecule has 1 heteroatoms. The van der Waals surface area contributed by atoms with Crippen LogP contribution < -0.4 is 9.75 Å². The lowest BCUT2D eigenvalue weighted by Gasteiger charge is -2.23. The van der Waals surface area contributed by atoms with Crippen LogP contribution >= 0.6 is 11.3 Å². The molecule has 1 heterocycles. The summed E-state index contributed by atoms with van der Waals surface area (Å²) >= 11 is 1.86. The van der Waals surface area contributed by atoms with Gasteiger partial charge in [-0.05, 0) is 104 Å². The smallest absolute Gasteiger partial charge is 0.0345 e. The molecule has 0 N–H and O–H groups in total. The molecular weight excluding hydrogens is 380 g/mol. The van der Waals surface area contributed by atoms with Gasteiger partial charge in [0, 0.05) is 4.53 Å². The number of benzene rings is 2. The largest absolute Gasteiger partial charge is 0.144 e. The molecule has 0 nitrogen and oxygen atoms in total. The average Bonchev–Trinajstić information content (AvgIpc) is 3.54. The molecule has 0 amide bonds. The molecule has 7 rings (SSSR count). The standard InChI is InChI=1S/C29H22S/c1-2-9-20-21-11-4-5-12-23(21)29-26(22(20)10-3-1)16-24(25-17-27(25)29)19-8-6-7-18-13-14-30-28(18)15-19/h2-5,7-16,25,27H,1,6,17H2. The molecule has 1 saturated carbocycles. The van der Waals surface area contributed by atoms with E-state index in [9.17, 15) is 0 Å². The van der Waals surface area contributed by atoms with Crippen LogP contribution in [0.5, 0.6) is 0 Å². The van der Waals surface area contributed by atoms with Gasteiger partial charge >= 0.3 is 0 Å². The maximum absolute atomic E-state index is 2.54. The zero-order valence-electron chi connectivity index (χ0n) is 16.8. The van der Waals surface area contributed by atoms with Crippen molar-refractivity contribution in [3.63, 3.8) is 0 Å². The third-order valence-corrected chi connectivity index (χ3v) is 7.98. The van der Waals surface area contributed by atoms with Gasteiger partial charge in [0.15, 0.2) is 0 Å². The highest BCUT2D eigenvalue weighted by molar-refractivity contribution is 7.07. The first-order valence-corrected chi connectivity index (χ1v) is 11.9. The van der Waals surface area contributed by atoms with Gasteiger partial charge < -0.3 is 0 Å². The Bertz CT molecular complexity index is 1470. The molecule has 1 fully saturated rings. The molecule has 0 bridgehead atoms. The van der Waals surface area contributed by atoms with Crippen LogP contribution in [0.3, 0.4) is 0 Å². The second-order valence-corrected chi connectivity index (χ2v) is 9.72. The van der Waals surface area contributed by atoms with Crippen molar-refractivity contribution in [1.29, 1.82) is 0 Å². The number of allylic oxidation sites excluding steroid dienone is 5. The van der Waals surface area contributed by atoms with Gasteiger partial charge in [0.25, 0.3) is 0 Å². The van der Waals surface area contributed by atoms with E-state index in [0.29, 0.717) is 11.8 Å². The molecule has 0 aliphatic heterocycles. The molecule has 0 saturated heterocycles. The summed E-state index contributed by atoms with van der Waals surface area (Å²) in [5.74, 6) is 1.34. The lowest BCUT2D eigenvalue weighted by atomic mass is 9.81. The van der Waals surface area contributed by atoms with Crippen LogP contribution in [0.1, 0.15) is 47.4 Å². The summed E-state index contributed by atoms with van der Waals surface area (Å²) in [6, 6.07) is 11.3. The molecule has 144 valence electrons. The second-order valence-electron chi connectivity index (χ2n) is 8.77. The minimum atomic E-state index is 0.667. The van der Waals surface area contributed by atoms with E-state index in [4.69, 9.17) is 0 Å². The molecule has 4 aliphatic rings. The minimum absolute atomic E-state index is 0.667. The quantitative estimate of drug-likeness (QED) is 0.440. The molecule has 2 unspecified atom stereocenters. The van der Waals surface area contributed by atoms with Crippen LogP contribution in [0.2, 0.25) is 0 Å². The maximum atomic E-state index is 2.54. The molecule has 2 aromatic carbocycles. The van der Waals surface area contributed by atoms with Gasteiger partial charge in [-0.3, -0.25) is 0 Å². The van der Waals surface area contributed by atoms with Gasteiger partial charge in [-0.1, -0.05) is 60.7 Å². The number of hydrogen-bond acceptors (Lipinski definition) is 1. The summed E-state index contributed by atoms with van der Waals surface area (Å²) < 4.78 is 1.41. The van der Waals surface area contributed by atoms with Crippen LogP contribution in [0, 0.1) is 5.92 Å². The average molecular weight is 403 g/mol. The van der Waals surface area contributed by atoms with Crippen LogP contribution in [-0.2, 0) is 0 Å². The Hall–Kier alpha value is -2.90. The first-order valence-electron chi connectivity index (χ1n) is 11.0. The molecule has 3 aromatic rings.